The number of benzene rings is 1. The summed E-state index contributed by atoms with van der Waals surface area (Å²) in [4.78, 5) is 16.3. The number of rotatable bonds is 5. The van der Waals surface area contributed by atoms with Crippen LogP contribution in [0.2, 0.25) is 0 Å². The summed E-state index contributed by atoms with van der Waals surface area (Å²) in [5.41, 5.74) is 3.37. The van der Waals surface area contributed by atoms with Crippen LogP contribution in [0.15, 0.2) is 67.1 Å². The van der Waals surface area contributed by atoms with Crippen LogP contribution in [0.5, 0.6) is 0 Å². The lowest BCUT2D eigenvalue weighted by Gasteiger charge is -2.03. The molecule has 0 aliphatic carbocycles. The molecule has 124 valence electrons. The van der Waals surface area contributed by atoms with Crippen LogP contribution < -0.4 is 5.32 Å². The second-order valence-electron chi connectivity index (χ2n) is 5.82. The summed E-state index contributed by atoms with van der Waals surface area (Å²) in [5.74, 6) is -0.205. The zero-order chi connectivity index (χ0) is 17.1. The number of nitrogens with one attached hydrogen (secondary N) is 2. The van der Waals surface area contributed by atoms with Crippen LogP contribution in [0.3, 0.4) is 0 Å². The summed E-state index contributed by atoms with van der Waals surface area (Å²) >= 11 is 0. The number of carbonyl (C=O) groups is 1. The van der Waals surface area contributed by atoms with Crippen molar-refractivity contribution in [2.45, 2.75) is 13.1 Å². The Morgan fingerprint density at radius 3 is 2.96 bits per heavy atom. The average Bonchev–Trinajstić information content (AvgIpc) is 3.29. The van der Waals surface area contributed by atoms with E-state index in [0.29, 0.717) is 18.8 Å². The molecule has 0 aliphatic rings. The molecule has 25 heavy (non-hydrogen) atoms. The number of amides is 1. The summed E-state index contributed by atoms with van der Waals surface area (Å²) in [6, 6.07) is 15.8. The highest BCUT2D eigenvalue weighted by molar-refractivity contribution is 5.92. The van der Waals surface area contributed by atoms with Crippen LogP contribution in [-0.4, -0.2) is 25.7 Å². The molecule has 6 heteroatoms. The van der Waals surface area contributed by atoms with Crippen molar-refractivity contribution in [2.24, 2.45) is 0 Å². The van der Waals surface area contributed by atoms with Gasteiger partial charge >= 0.3 is 0 Å². The van der Waals surface area contributed by atoms with Gasteiger partial charge in [0, 0.05) is 30.7 Å². The second kappa shape index (κ2) is 6.60. The van der Waals surface area contributed by atoms with E-state index >= 15 is 0 Å². The number of pyridine rings is 1. The van der Waals surface area contributed by atoms with E-state index < -0.39 is 0 Å². The number of carbonyl (C=O) groups excluding carboxylic acids is 1. The summed E-state index contributed by atoms with van der Waals surface area (Å²) < 4.78 is 2.13. The Kier molecular flexibility index (Phi) is 4.00. The number of aromatic nitrogens is 4. The van der Waals surface area contributed by atoms with Crippen molar-refractivity contribution >= 4 is 16.8 Å². The fraction of sp³-hybridized carbons (Fsp3) is 0.105. The molecule has 0 saturated heterocycles. The molecule has 1 amide bonds. The first-order valence-corrected chi connectivity index (χ1v) is 8.05. The third-order valence-corrected chi connectivity index (χ3v) is 4.06. The van der Waals surface area contributed by atoms with Gasteiger partial charge in [0.25, 0.3) is 5.91 Å². The minimum Gasteiger partial charge on any atom is -0.347 e. The highest BCUT2D eigenvalue weighted by Gasteiger charge is 2.11. The van der Waals surface area contributed by atoms with E-state index in [1.165, 1.54) is 5.39 Å². The van der Waals surface area contributed by atoms with Crippen molar-refractivity contribution in [1.82, 2.24) is 25.1 Å². The van der Waals surface area contributed by atoms with Gasteiger partial charge in [0.1, 0.15) is 5.69 Å². The number of aromatic amines is 1. The highest BCUT2D eigenvalue weighted by atomic mass is 16.1. The van der Waals surface area contributed by atoms with Gasteiger partial charge in [-0.05, 0) is 35.2 Å². The first-order chi connectivity index (χ1) is 12.3. The summed E-state index contributed by atoms with van der Waals surface area (Å²) in [6.07, 6.45) is 5.47. The van der Waals surface area contributed by atoms with Crippen molar-refractivity contribution in [1.29, 1.82) is 0 Å². The Bertz CT molecular complexity index is 1000. The van der Waals surface area contributed by atoms with Gasteiger partial charge in [-0.2, -0.15) is 5.10 Å². The number of nitrogens with zero attached hydrogens (tertiary/aromatic N) is 3. The van der Waals surface area contributed by atoms with Gasteiger partial charge in [0.05, 0.1) is 12.2 Å². The molecular weight excluding hydrogens is 314 g/mol. The molecule has 2 N–H and O–H groups in total. The van der Waals surface area contributed by atoms with Crippen molar-refractivity contribution in [3.05, 3.63) is 84.1 Å². The zero-order valence-electron chi connectivity index (χ0n) is 13.5. The van der Waals surface area contributed by atoms with E-state index in [2.05, 4.69) is 43.3 Å². The van der Waals surface area contributed by atoms with Gasteiger partial charge in [-0.1, -0.05) is 24.3 Å². The number of H-pyrrole nitrogens is 1. The topological polar surface area (TPSA) is 75.6 Å². The maximum Gasteiger partial charge on any atom is 0.272 e. The minimum absolute atomic E-state index is 0.205. The van der Waals surface area contributed by atoms with Crippen LogP contribution >= 0.6 is 0 Å². The SMILES string of the molecule is O=C(NCc1cccnc1)c1cc(Cn2ccc3ccccc32)[nH]n1. The van der Waals surface area contributed by atoms with E-state index in [1.54, 1.807) is 18.5 Å². The Morgan fingerprint density at radius 2 is 2.08 bits per heavy atom. The first kappa shape index (κ1) is 15.1. The molecule has 0 aliphatic heterocycles. The molecule has 0 radical (unpaired) electrons. The highest BCUT2D eigenvalue weighted by Crippen LogP contribution is 2.16. The van der Waals surface area contributed by atoms with Crippen LogP contribution in [-0.2, 0) is 13.1 Å². The van der Waals surface area contributed by atoms with E-state index in [9.17, 15) is 4.79 Å². The lowest BCUT2D eigenvalue weighted by molar-refractivity contribution is 0.0946. The third kappa shape index (κ3) is 3.28. The summed E-state index contributed by atoms with van der Waals surface area (Å²) in [6.45, 7) is 1.06. The maximum atomic E-state index is 12.2. The molecule has 1 aromatic carbocycles. The summed E-state index contributed by atoms with van der Waals surface area (Å²) in [5, 5.41) is 11.1. The van der Waals surface area contributed by atoms with Gasteiger partial charge in [-0.15, -0.1) is 0 Å². The van der Waals surface area contributed by atoms with Crippen molar-refractivity contribution in [3.8, 4) is 0 Å². The molecule has 4 rings (SSSR count). The third-order valence-electron chi connectivity index (χ3n) is 4.06. The number of para-hydroxylation sites is 1. The Balaban J connectivity index is 1.44. The largest absolute Gasteiger partial charge is 0.347 e. The smallest absolute Gasteiger partial charge is 0.272 e. The lowest BCUT2D eigenvalue weighted by atomic mass is 10.2. The predicted octanol–water partition coefficient (Wildman–Crippen LogP) is 2.74. The summed E-state index contributed by atoms with van der Waals surface area (Å²) in [7, 11) is 0. The van der Waals surface area contributed by atoms with E-state index in [4.69, 9.17) is 0 Å². The van der Waals surface area contributed by atoms with Crippen molar-refractivity contribution < 1.29 is 4.79 Å². The minimum atomic E-state index is -0.205. The monoisotopic (exact) mass is 331 g/mol. The lowest BCUT2D eigenvalue weighted by Crippen LogP contribution is -2.23. The molecule has 6 nitrogen and oxygen atoms in total. The van der Waals surface area contributed by atoms with Crippen molar-refractivity contribution in [3.63, 3.8) is 0 Å². The van der Waals surface area contributed by atoms with Gasteiger partial charge in [-0.25, -0.2) is 0 Å². The molecule has 0 unspecified atom stereocenters. The van der Waals surface area contributed by atoms with Crippen LogP contribution in [0, 0.1) is 0 Å². The van der Waals surface area contributed by atoms with Crippen LogP contribution in [0.25, 0.3) is 10.9 Å². The van der Waals surface area contributed by atoms with Crippen LogP contribution in [0.1, 0.15) is 21.7 Å². The second-order valence-corrected chi connectivity index (χ2v) is 5.82. The average molecular weight is 331 g/mol. The van der Waals surface area contributed by atoms with Gasteiger partial charge in [0.2, 0.25) is 0 Å². The number of hydrogen-bond donors (Lipinski definition) is 2. The number of fused-ring (bicyclic) bond motifs is 1. The molecule has 0 atom stereocenters. The van der Waals surface area contributed by atoms with E-state index in [-0.39, 0.29) is 5.91 Å². The Morgan fingerprint density at radius 1 is 1.16 bits per heavy atom. The fourth-order valence-electron chi connectivity index (χ4n) is 2.80. The van der Waals surface area contributed by atoms with Gasteiger partial charge in [-0.3, -0.25) is 14.9 Å². The standard InChI is InChI=1S/C19H17N5O/c25-19(21-12-14-4-3-8-20-11-14)17-10-16(22-23-17)13-24-9-7-15-5-1-2-6-18(15)24/h1-11H,12-13H2,(H,21,25)(H,22,23). The first-order valence-electron chi connectivity index (χ1n) is 8.05. The molecule has 0 fully saturated rings. The van der Waals surface area contributed by atoms with Crippen molar-refractivity contribution in [2.75, 3.05) is 0 Å². The van der Waals surface area contributed by atoms with Crippen LogP contribution in [0.4, 0.5) is 0 Å². The normalized spacial score (nSPS) is 10.9. The fourth-order valence-corrected chi connectivity index (χ4v) is 2.80. The molecule has 4 aromatic rings. The quantitative estimate of drug-likeness (QED) is 0.590. The number of hydrogen-bond acceptors (Lipinski definition) is 3. The molecule has 3 heterocycles. The molecule has 0 saturated carbocycles. The molecule has 0 spiro atoms. The van der Waals surface area contributed by atoms with E-state index in [1.807, 2.05) is 30.5 Å². The zero-order valence-corrected chi connectivity index (χ0v) is 13.5. The predicted molar refractivity (Wildman–Crippen MR) is 95.0 cm³/mol. The van der Waals surface area contributed by atoms with Gasteiger partial charge in [0.15, 0.2) is 0 Å². The molecule has 0 bridgehead atoms. The molecule has 3 aromatic heterocycles. The maximum absolute atomic E-state index is 12.2. The van der Waals surface area contributed by atoms with Gasteiger partial charge < -0.3 is 9.88 Å². The molecular formula is C19H17N5O. The Labute approximate surface area is 144 Å². The Hall–Kier alpha value is -3.41. The van der Waals surface area contributed by atoms with E-state index in [0.717, 1.165) is 16.8 Å².